The van der Waals surface area contributed by atoms with Gasteiger partial charge in [0.15, 0.2) is 0 Å². The van der Waals surface area contributed by atoms with Gasteiger partial charge in [0.2, 0.25) is 5.88 Å². The Morgan fingerprint density at radius 3 is 2.80 bits per heavy atom. The van der Waals surface area contributed by atoms with Crippen LogP contribution in [0, 0.1) is 0 Å². The molecule has 2 rings (SSSR count). The van der Waals surface area contributed by atoms with Crippen LogP contribution in [-0.2, 0) is 0 Å². The molecule has 0 aliphatic rings. The van der Waals surface area contributed by atoms with Crippen LogP contribution in [0.25, 0.3) is 0 Å². The van der Waals surface area contributed by atoms with E-state index >= 15 is 0 Å². The van der Waals surface area contributed by atoms with Crippen LogP contribution in [-0.4, -0.2) is 9.97 Å². The first-order valence-corrected chi connectivity index (χ1v) is 4.62. The first-order valence-electron chi connectivity index (χ1n) is 4.24. The van der Waals surface area contributed by atoms with Crippen LogP contribution in [0.3, 0.4) is 0 Å². The molecular formula is C10H8ClN3O. The van der Waals surface area contributed by atoms with Crippen molar-refractivity contribution in [2.75, 3.05) is 5.73 Å². The summed E-state index contributed by atoms with van der Waals surface area (Å²) in [4.78, 5) is 7.84. The van der Waals surface area contributed by atoms with E-state index < -0.39 is 0 Å². The quantitative estimate of drug-likeness (QED) is 0.792. The number of benzene rings is 1. The summed E-state index contributed by atoms with van der Waals surface area (Å²) in [5.41, 5.74) is 6.10. The topological polar surface area (TPSA) is 61.0 Å². The number of halogens is 1. The van der Waals surface area contributed by atoms with Crippen LogP contribution in [0.2, 0.25) is 5.02 Å². The minimum Gasteiger partial charge on any atom is -0.437 e. The van der Waals surface area contributed by atoms with E-state index in [0.29, 0.717) is 22.3 Å². The molecule has 4 nitrogen and oxygen atoms in total. The van der Waals surface area contributed by atoms with Gasteiger partial charge in [-0.3, -0.25) is 4.98 Å². The lowest BCUT2D eigenvalue weighted by atomic mass is 10.3. The van der Waals surface area contributed by atoms with Crippen molar-refractivity contribution in [2.24, 2.45) is 0 Å². The molecule has 0 bridgehead atoms. The van der Waals surface area contributed by atoms with Crippen molar-refractivity contribution in [1.82, 2.24) is 9.97 Å². The highest BCUT2D eigenvalue weighted by molar-refractivity contribution is 6.33. The van der Waals surface area contributed by atoms with Crippen LogP contribution in [0.1, 0.15) is 0 Å². The largest absolute Gasteiger partial charge is 0.437 e. The highest BCUT2D eigenvalue weighted by Crippen LogP contribution is 2.26. The van der Waals surface area contributed by atoms with Gasteiger partial charge in [0.1, 0.15) is 5.75 Å². The predicted octanol–water partition coefficient (Wildman–Crippen LogP) is 2.50. The fourth-order valence-corrected chi connectivity index (χ4v) is 1.16. The molecule has 15 heavy (non-hydrogen) atoms. The van der Waals surface area contributed by atoms with E-state index in [0.717, 1.165) is 0 Å². The predicted molar refractivity (Wildman–Crippen MR) is 58.0 cm³/mol. The number of hydrogen-bond donors (Lipinski definition) is 1. The molecule has 5 heteroatoms. The van der Waals surface area contributed by atoms with E-state index in [1.165, 1.54) is 6.20 Å². The van der Waals surface area contributed by atoms with Gasteiger partial charge in [-0.2, -0.15) is 0 Å². The molecule has 0 amide bonds. The molecule has 0 unspecified atom stereocenters. The fraction of sp³-hybridized carbons (Fsp3) is 0. The van der Waals surface area contributed by atoms with Crippen LogP contribution in [0.4, 0.5) is 5.69 Å². The third-order valence-electron chi connectivity index (χ3n) is 1.73. The summed E-state index contributed by atoms with van der Waals surface area (Å²) in [5.74, 6) is 0.997. The molecule has 2 N–H and O–H groups in total. The maximum absolute atomic E-state index is 5.78. The molecule has 0 saturated heterocycles. The number of nitrogen functional groups attached to an aromatic ring is 1. The van der Waals surface area contributed by atoms with E-state index in [9.17, 15) is 0 Å². The van der Waals surface area contributed by atoms with Gasteiger partial charge in [0.25, 0.3) is 0 Å². The SMILES string of the molecule is Nc1cc(Oc2cnccn2)ccc1Cl. The van der Waals surface area contributed by atoms with Gasteiger partial charge < -0.3 is 10.5 Å². The summed E-state index contributed by atoms with van der Waals surface area (Å²) in [7, 11) is 0. The van der Waals surface area contributed by atoms with Crippen LogP contribution >= 0.6 is 11.6 Å². The van der Waals surface area contributed by atoms with Crippen LogP contribution in [0.5, 0.6) is 11.6 Å². The summed E-state index contributed by atoms with van der Waals surface area (Å²) in [6.07, 6.45) is 4.64. The van der Waals surface area contributed by atoms with Crippen molar-refractivity contribution >= 4 is 17.3 Å². The zero-order chi connectivity index (χ0) is 10.7. The van der Waals surface area contributed by atoms with Gasteiger partial charge >= 0.3 is 0 Å². The molecule has 1 aromatic heterocycles. The minimum absolute atomic E-state index is 0.416. The molecule has 0 aliphatic heterocycles. The summed E-state index contributed by atoms with van der Waals surface area (Å²) in [5, 5.41) is 0.501. The van der Waals surface area contributed by atoms with Crippen molar-refractivity contribution in [1.29, 1.82) is 0 Å². The molecule has 0 aliphatic carbocycles. The Bertz CT molecular complexity index is 461. The second-order valence-corrected chi connectivity index (χ2v) is 3.24. The molecule has 2 aromatic rings. The van der Waals surface area contributed by atoms with Crippen molar-refractivity contribution in [3.05, 3.63) is 41.8 Å². The summed E-state index contributed by atoms with van der Waals surface area (Å²) >= 11 is 5.78. The van der Waals surface area contributed by atoms with Crippen molar-refractivity contribution in [3.63, 3.8) is 0 Å². The lowest BCUT2D eigenvalue weighted by Crippen LogP contribution is -1.91. The van der Waals surface area contributed by atoms with Crippen molar-refractivity contribution < 1.29 is 4.74 Å². The standard InChI is InChI=1S/C10H8ClN3O/c11-8-2-1-7(5-9(8)12)15-10-6-13-3-4-14-10/h1-6H,12H2. The van der Waals surface area contributed by atoms with Gasteiger partial charge in [-0.1, -0.05) is 11.6 Å². The lowest BCUT2D eigenvalue weighted by molar-refractivity contribution is 0.460. The monoisotopic (exact) mass is 221 g/mol. The van der Waals surface area contributed by atoms with E-state index in [1.54, 1.807) is 30.6 Å². The average Bonchev–Trinajstić information content (AvgIpc) is 2.25. The Morgan fingerprint density at radius 1 is 1.27 bits per heavy atom. The third kappa shape index (κ3) is 2.35. The molecule has 0 fully saturated rings. The van der Waals surface area contributed by atoms with E-state index in [2.05, 4.69) is 9.97 Å². The highest BCUT2D eigenvalue weighted by atomic mass is 35.5. The maximum atomic E-state index is 5.78. The van der Waals surface area contributed by atoms with Gasteiger partial charge in [-0.25, -0.2) is 4.98 Å². The van der Waals surface area contributed by atoms with Gasteiger partial charge in [-0.05, 0) is 12.1 Å². The first kappa shape index (κ1) is 9.73. The zero-order valence-electron chi connectivity index (χ0n) is 7.72. The van der Waals surface area contributed by atoms with Gasteiger partial charge in [0, 0.05) is 18.5 Å². The lowest BCUT2D eigenvalue weighted by Gasteiger charge is -2.05. The number of nitrogens with zero attached hydrogens (tertiary/aromatic N) is 2. The molecule has 1 heterocycles. The number of hydrogen-bond acceptors (Lipinski definition) is 4. The zero-order valence-corrected chi connectivity index (χ0v) is 8.48. The number of ether oxygens (including phenoxy) is 1. The number of aromatic nitrogens is 2. The normalized spacial score (nSPS) is 9.93. The first-order chi connectivity index (χ1) is 7.25. The third-order valence-corrected chi connectivity index (χ3v) is 2.07. The highest BCUT2D eigenvalue weighted by Gasteiger charge is 2.01. The van der Waals surface area contributed by atoms with Crippen LogP contribution in [0.15, 0.2) is 36.8 Å². The summed E-state index contributed by atoms with van der Waals surface area (Å²) in [6, 6.07) is 5.02. The number of rotatable bonds is 2. The van der Waals surface area contributed by atoms with Crippen molar-refractivity contribution in [2.45, 2.75) is 0 Å². The molecule has 0 saturated carbocycles. The summed E-state index contributed by atoms with van der Waals surface area (Å²) in [6.45, 7) is 0. The molecule has 0 radical (unpaired) electrons. The van der Waals surface area contributed by atoms with E-state index in [4.69, 9.17) is 22.1 Å². The van der Waals surface area contributed by atoms with E-state index in [-0.39, 0.29) is 0 Å². The Hall–Kier alpha value is -1.81. The molecule has 0 spiro atoms. The number of nitrogens with two attached hydrogens (primary N) is 1. The van der Waals surface area contributed by atoms with Crippen molar-refractivity contribution in [3.8, 4) is 11.6 Å². The molecule has 1 aromatic carbocycles. The smallest absolute Gasteiger partial charge is 0.237 e. The molecular weight excluding hydrogens is 214 g/mol. The minimum atomic E-state index is 0.416. The molecule has 76 valence electrons. The van der Waals surface area contributed by atoms with Gasteiger partial charge in [0.05, 0.1) is 16.9 Å². The average molecular weight is 222 g/mol. The molecule has 0 atom stereocenters. The Labute approximate surface area is 91.7 Å². The Kier molecular flexibility index (Phi) is 2.69. The summed E-state index contributed by atoms with van der Waals surface area (Å²) < 4.78 is 5.40. The maximum Gasteiger partial charge on any atom is 0.237 e. The Morgan fingerprint density at radius 2 is 2.13 bits per heavy atom. The fourth-order valence-electron chi connectivity index (χ4n) is 1.04. The Balaban J connectivity index is 2.22. The van der Waals surface area contributed by atoms with Crippen LogP contribution < -0.4 is 10.5 Å². The van der Waals surface area contributed by atoms with E-state index in [1.807, 2.05) is 0 Å². The number of anilines is 1. The van der Waals surface area contributed by atoms with Gasteiger partial charge in [-0.15, -0.1) is 0 Å². The second-order valence-electron chi connectivity index (χ2n) is 2.83. The second kappa shape index (κ2) is 4.14.